The number of aromatic carboxylic acids is 1. The Morgan fingerprint density at radius 2 is 1.88 bits per heavy atom. The molecular weight excluding hydrogens is 334 g/mol. The van der Waals surface area contributed by atoms with Crippen molar-refractivity contribution in [2.45, 2.75) is 19.4 Å². The summed E-state index contributed by atoms with van der Waals surface area (Å²) >= 11 is 0. The van der Waals surface area contributed by atoms with Crippen LogP contribution in [0, 0.1) is 0 Å². The van der Waals surface area contributed by atoms with E-state index in [-0.39, 0.29) is 5.56 Å². The summed E-state index contributed by atoms with van der Waals surface area (Å²) in [5.74, 6) is 0.564. The van der Waals surface area contributed by atoms with Crippen molar-refractivity contribution in [3.63, 3.8) is 0 Å². The smallest absolute Gasteiger partial charge is 0.341 e. The Hall–Kier alpha value is -2.61. The standard InChI is InChI=1S/C18H23N5O3/c24-18(25)15-13-23(20-17(15)22-7-9-26-10-8-22)12-14-3-4-16(19-11-14)21-5-1-2-6-21/h3-4,11,13H,1-2,5-10,12H2,(H,24,25). The molecule has 0 unspecified atom stereocenters. The van der Waals surface area contributed by atoms with Gasteiger partial charge >= 0.3 is 5.97 Å². The molecule has 138 valence electrons. The minimum atomic E-state index is -0.958. The van der Waals surface area contributed by atoms with E-state index in [4.69, 9.17) is 4.74 Å². The number of pyridine rings is 1. The molecule has 2 saturated heterocycles. The van der Waals surface area contributed by atoms with E-state index in [2.05, 4.69) is 15.0 Å². The predicted octanol–water partition coefficient (Wildman–Crippen LogP) is 1.46. The van der Waals surface area contributed by atoms with Crippen molar-refractivity contribution in [3.05, 3.63) is 35.7 Å². The van der Waals surface area contributed by atoms with Gasteiger partial charge in [-0.05, 0) is 24.5 Å². The molecule has 2 aromatic heterocycles. The zero-order valence-corrected chi connectivity index (χ0v) is 14.7. The van der Waals surface area contributed by atoms with E-state index in [0.29, 0.717) is 38.7 Å². The SMILES string of the molecule is O=C(O)c1cn(Cc2ccc(N3CCCC3)nc2)nc1N1CCOCC1. The zero-order valence-electron chi connectivity index (χ0n) is 14.7. The second-order valence-corrected chi connectivity index (χ2v) is 6.69. The number of hydrogen-bond donors (Lipinski definition) is 1. The van der Waals surface area contributed by atoms with Crippen molar-refractivity contribution in [1.82, 2.24) is 14.8 Å². The fraction of sp³-hybridized carbons (Fsp3) is 0.500. The molecule has 4 rings (SSSR count). The van der Waals surface area contributed by atoms with E-state index in [1.54, 1.807) is 10.9 Å². The van der Waals surface area contributed by atoms with E-state index in [1.807, 2.05) is 23.2 Å². The molecule has 0 aliphatic carbocycles. The summed E-state index contributed by atoms with van der Waals surface area (Å²) in [7, 11) is 0. The number of carbonyl (C=O) groups is 1. The van der Waals surface area contributed by atoms with Crippen LogP contribution in [0.3, 0.4) is 0 Å². The molecule has 26 heavy (non-hydrogen) atoms. The van der Waals surface area contributed by atoms with Crippen LogP contribution in [0.1, 0.15) is 28.8 Å². The number of rotatable bonds is 5. The normalized spacial score (nSPS) is 17.7. The lowest BCUT2D eigenvalue weighted by Crippen LogP contribution is -2.37. The molecule has 0 spiro atoms. The average Bonchev–Trinajstić information content (AvgIpc) is 3.33. The van der Waals surface area contributed by atoms with E-state index in [1.165, 1.54) is 12.8 Å². The summed E-state index contributed by atoms with van der Waals surface area (Å²) in [5.41, 5.74) is 1.23. The third kappa shape index (κ3) is 3.50. The van der Waals surface area contributed by atoms with Gasteiger partial charge in [-0.2, -0.15) is 5.10 Å². The summed E-state index contributed by atoms with van der Waals surface area (Å²) in [6, 6.07) is 4.07. The van der Waals surface area contributed by atoms with Crippen LogP contribution in [0.4, 0.5) is 11.6 Å². The van der Waals surface area contributed by atoms with Crippen molar-refractivity contribution >= 4 is 17.6 Å². The quantitative estimate of drug-likeness (QED) is 0.867. The van der Waals surface area contributed by atoms with E-state index >= 15 is 0 Å². The van der Waals surface area contributed by atoms with E-state index in [0.717, 1.165) is 24.5 Å². The third-order valence-corrected chi connectivity index (χ3v) is 4.87. The van der Waals surface area contributed by atoms with E-state index < -0.39 is 5.97 Å². The highest BCUT2D eigenvalue weighted by atomic mass is 16.5. The van der Waals surface area contributed by atoms with Crippen LogP contribution in [-0.2, 0) is 11.3 Å². The van der Waals surface area contributed by atoms with Gasteiger partial charge in [-0.1, -0.05) is 6.07 Å². The zero-order chi connectivity index (χ0) is 17.9. The lowest BCUT2D eigenvalue weighted by atomic mass is 10.2. The van der Waals surface area contributed by atoms with Gasteiger partial charge < -0.3 is 19.6 Å². The van der Waals surface area contributed by atoms with Gasteiger partial charge in [0.05, 0.1) is 19.8 Å². The molecule has 0 amide bonds. The highest BCUT2D eigenvalue weighted by Crippen LogP contribution is 2.21. The van der Waals surface area contributed by atoms with Gasteiger partial charge in [-0.3, -0.25) is 4.68 Å². The summed E-state index contributed by atoms with van der Waals surface area (Å²) in [6.45, 7) is 5.12. The molecule has 2 aliphatic rings. The number of carboxylic acid groups (broad SMARTS) is 1. The minimum Gasteiger partial charge on any atom is -0.477 e. The molecule has 8 nitrogen and oxygen atoms in total. The van der Waals surface area contributed by atoms with Crippen LogP contribution in [0.25, 0.3) is 0 Å². The molecule has 1 N–H and O–H groups in total. The van der Waals surface area contributed by atoms with Gasteiger partial charge in [0.1, 0.15) is 11.4 Å². The second-order valence-electron chi connectivity index (χ2n) is 6.69. The van der Waals surface area contributed by atoms with Crippen molar-refractivity contribution in [1.29, 1.82) is 0 Å². The fourth-order valence-electron chi connectivity index (χ4n) is 3.48. The molecule has 0 aromatic carbocycles. The molecular formula is C18H23N5O3. The summed E-state index contributed by atoms with van der Waals surface area (Å²) in [5, 5.41) is 14.0. The highest BCUT2D eigenvalue weighted by Gasteiger charge is 2.23. The number of morpholine rings is 1. The van der Waals surface area contributed by atoms with Gasteiger partial charge in [0, 0.05) is 38.6 Å². The number of nitrogens with zero attached hydrogens (tertiary/aromatic N) is 5. The largest absolute Gasteiger partial charge is 0.477 e. The average molecular weight is 357 g/mol. The molecule has 2 aromatic rings. The Balaban J connectivity index is 1.51. The van der Waals surface area contributed by atoms with E-state index in [9.17, 15) is 9.90 Å². The summed E-state index contributed by atoms with van der Waals surface area (Å²) < 4.78 is 7.02. The number of aromatic nitrogens is 3. The second kappa shape index (κ2) is 7.33. The monoisotopic (exact) mass is 357 g/mol. The van der Waals surface area contributed by atoms with Gasteiger partial charge in [-0.15, -0.1) is 0 Å². The molecule has 0 radical (unpaired) electrons. The predicted molar refractivity (Wildman–Crippen MR) is 97.0 cm³/mol. The number of ether oxygens (including phenoxy) is 1. The molecule has 8 heteroatoms. The van der Waals surface area contributed by atoms with Crippen LogP contribution in [0.5, 0.6) is 0 Å². The van der Waals surface area contributed by atoms with Crippen molar-refractivity contribution in [2.75, 3.05) is 49.2 Å². The van der Waals surface area contributed by atoms with Crippen molar-refractivity contribution < 1.29 is 14.6 Å². The van der Waals surface area contributed by atoms with Gasteiger partial charge in [-0.25, -0.2) is 9.78 Å². The maximum atomic E-state index is 11.6. The lowest BCUT2D eigenvalue weighted by Gasteiger charge is -2.27. The van der Waals surface area contributed by atoms with Crippen LogP contribution < -0.4 is 9.80 Å². The molecule has 2 aliphatic heterocycles. The first-order chi connectivity index (χ1) is 12.7. The first-order valence-electron chi connectivity index (χ1n) is 9.04. The first-order valence-corrected chi connectivity index (χ1v) is 9.04. The molecule has 4 heterocycles. The first kappa shape index (κ1) is 16.8. The molecule has 0 saturated carbocycles. The third-order valence-electron chi connectivity index (χ3n) is 4.87. The Bertz CT molecular complexity index is 762. The molecule has 0 bridgehead atoms. The Morgan fingerprint density at radius 3 is 2.54 bits per heavy atom. The highest BCUT2D eigenvalue weighted by molar-refractivity contribution is 5.93. The van der Waals surface area contributed by atoms with Crippen molar-refractivity contribution in [3.8, 4) is 0 Å². The van der Waals surface area contributed by atoms with Crippen LogP contribution in [0.15, 0.2) is 24.5 Å². The molecule has 2 fully saturated rings. The molecule has 0 atom stereocenters. The van der Waals surface area contributed by atoms with Gasteiger partial charge in [0.15, 0.2) is 5.82 Å². The summed E-state index contributed by atoms with van der Waals surface area (Å²) in [4.78, 5) is 20.4. The van der Waals surface area contributed by atoms with Gasteiger partial charge in [0.25, 0.3) is 0 Å². The van der Waals surface area contributed by atoms with Crippen LogP contribution >= 0.6 is 0 Å². The maximum Gasteiger partial charge on any atom is 0.341 e. The number of anilines is 2. The van der Waals surface area contributed by atoms with Gasteiger partial charge in [0.2, 0.25) is 0 Å². The Kier molecular flexibility index (Phi) is 4.75. The van der Waals surface area contributed by atoms with Crippen LogP contribution in [0.2, 0.25) is 0 Å². The number of carboxylic acids is 1. The fourth-order valence-corrected chi connectivity index (χ4v) is 3.48. The minimum absolute atomic E-state index is 0.230. The Morgan fingerprint density at radius 1 is 1.12 bits per heavy atom. The number of hydrogen-bond acceptors (Lipinski definition) is 6. The Labute approximate surface area is 152 Å². The van der Waals surface area contributed by atoms with Crippen LogP contribution in [-0.4, -0.2) is 65.2 Å². The topological polar surface area (TPSA) is 83.7 Å². The van der Waals surface area contributed by atoms with Crippen molar-refractivity contribution in [2.24, 2.45) is 0 Å². The lowest BCUT2D eigenvalue weighted by molar-refractivity contribution is 0.0696. The summed E-state index contributed by atoms with van der Waals surface area (Å²) in [6.07, 6.45) is 5.89. The maximum absolute atomic E-state index is 11.6.